The highest BCUT2D eigenvalue weighted by Crippen LogP contribution is 2.30. The highest BCUT2D eigenvalue weighted by Gasteiger charge is 2.32. The van der Waals surface area contributed by atoms with Crippen LogP contribution < -0.4 is 5.73 Å². The Hall–Kier alpha value is -0.870. The van der Waals surface area contributed by atoms with Gasteiger partial charge in [0.2, 0.25) is 0 Å². The number of aryl methyl sites for hydroxylation is 1. The van der Waals surface area contributed by atoms with Crippen LogP contribution in [0.4, 0.5) is 0 Å². The average Bonchev–Trinajstić information content (AvgIpc) is 2.72. The highest BCUT2D eigenvalue weighted by molar-refractivity contribution is 5.31. The molecule has 1 aliphatic rings. The molecule has 1 heterocycles. The Morgan fingerprint density at radius 3 is 2.87 bits per heavy atom. The van der Waals surface area contributed by atoms with Gasteiger partial charge >= 0.3 is 0 Å². The lowest BCUT2D eigenvalue weighted by Gasteiger charge is -2.26. The number of fused-ring (bicyclic) bond motifs is 1. The van der Waals surface area contributed by atoms with Crippen molar-refractivity contribution in [3.05, 3.63) is 17.0 Å². The maximum atomic E-state index is 5.76. The van der Waals surface area contributed by atoms with E-state index in [1.165, 1.54) is 24.1 Å². The SMILES string of the molecule is COC(C)(CN)c1n[nH]c2c1CCCC2. The number of methoxy groups -OCH3 is 1. The van der Waals surface area contributed by atoms with Gasteiger partial charge in [-0.05, 0) is 38.2 Å². The zero-order valence-corrected chi connectivity index (χ0v) is 9.47. The van der Waals surface area contributed by atoms with Crippen LogP contribution in [0.3, 0.4) is 0 Å². The fraction of sp³-hybridized carbons (Fsp3) is 0.727. The summed E-state index contributed by atoms with van der Waals surface area (Å²) in [5.74, 6) is 0. The van der Waals surface area contributed by atoms with E-state index < -0.39 is 5.60 Å². The Labute approximate surface area is 90.2 Å². The minimum absolute atomic E-state index is 0.443. The molecule has 0 spiro atoms. The molecule has 1 atom stereocenters. The lowest BCUT2D eigenvalue weighted by atomic mass is 9.90. The van der Waals surface area contributed by atoms with Crippen LogP contribution >= 0.6 is 0 Å². The molecule has 4 heteroatoms. The van der Waals surface area contributed by atoms with E-state index in [1.807, 2.05) is 6.92 Å². The van der Waals surface area contributed by atoms with Crippen molar-refractivity contribution in [3.8, 4) is 0 Å². The maximum absolute atomic E-state index is 5.76. The first-order chi connectivity index (χ1) is 7.21. The summed E-state index contributed by atoms with van der Waals surface area (Å²) in [5.41, 5.74) is 8.92. The molecule has 4 nitrogen and oxygen atoms in total. The normalized spacial score (nSPS) is 19.7. The zero-order chi connectivity index (χ0) is 10.9. The van der Waals surface area contributed by atoms with Crippen molar-refractivity contribution >= 4 is 0 Å². The third-order valence-corrected chi connectivity index (χ3v) is 3.40. The number of H-pyrrole nitrogens is 1. The van der Waals surface area contributed by atoms with Gasteiger partial charge in [-0.1, -0.05) is 0 Å². The van der Waals surface area contributed by atoms with Crippen LogP contribution in [-0.2, 0) is 23.2 Å². The van der Waals surface area contributed by atoms with Crippen LogP contribution in [0.1, 0.15) is 36.7 Å². The van der Waals surface area contributed by atoms with E-state index in [-0.39, 0.29) is 0 Å². The maximum Gasteiger partial charge on any atom is 0.121 e. The summed E-state index contributed by atoms with van der Waals surface area (Å²) in [6.07, 6.45) is 4.69. The number of nitrogens with two attached hydrogens (primary N) is 1. The molecule has 1 aromatic heterocycles. The van der Waals surface area contributed by atoms with Crippen molar-refractivity contribution < 1.29 is 4.74 Å². The van der Waals surface area contributed by atoms with Gasteiger partial charge in [0.1, 0.15) is 5.60 Å². The van der Waals surface area contributed by atoms with Gasteiger partial charge in [0.05, 0.1) is 5.69 Å². The predicted octanol–water partition coefficient (Wildman–Crippen LogP) is 1.11. The minimum atomic E-state index is -0.443. The largest absolute Gasteiger partial charge is 0.371 e. The molecule has 0 aliphatic heterocycles. The Kier molecular flexibility index (Phi) is 2.80. The number of hydrogen-bond acceptors (Lipinski definition) is 3. The first-order valence-electron chi connectivity index (χ1n) is 5.53. The van der Waals surface area contributed by atoms with Crippen LogP contribution in [-0.4, -0.2) is 23.9 Å². The fourth-order valence-electron chi connectivity index (χ4n) is 2.20. The molecule has 0 amide bonds. The molecule has 0 fully saturated rings. The van der Waals surface area contributed by atoms with Gasteiger partial charge in [-0.25, -0.2) is 0 Å². The van der Waals surface area contributed by atoms with Crippen molar-refractivity contribution in [3.63, 3.8) is 0 Å². The first kappa shape index (κ1) is 10.6. The molecule has 1 aromatic rings. The summed E-state index contributed by atoms with van der Waals surface area (Å²) in [4.78, 5) is 0. The second-order valence-corrected chi connectivity index (χ2v) is 4.38. The molecular weight excluding hydrogens is 190 g/mol. The molecule has 1 aliphatic carbocycles. The average molecular weight is 209 g/mol. The lowest BCUT2D eigenvalue weighted by Crippen LogP contribution is -2.35. The van der Waals surface area contributed by atoms with Gasteiger partial charge < -0.3 is 10.5 Å². The van der Waals surface area contributed by atoms with E-state index in [4.69, 9.17) is 10.5 Å². The van der Waals surface area contributed by atoms with E-state index in [0.29, 0.717) is 6.54 Å². The van der Waals surface area contributed by atoms with E-state index in [2.05, 4.69) is 10.2 Å². The third-order valence-electron chi connectivity index (χ3n) is 3.40. The monoisotopic (exact) mass is 209 g/mol. The van der Waals surface area contributed by atoms with Crippen LogP contribution in [0.2, 0.25) is 0 Å². The quantitative estimate of drug-likeness (QED) is 0.783. The van der Waals surface area contributed by atoms with Crippen LogP contribution in [0.25, 0.3) is 0 Å². The molecule has 0 aromatic carbocycles. The molecule has 0 saturated carbocycles. The summed E-state index contributed by atoms with van der Waals surface area (Å²) in [5, 5.41) is 7.50. The molecule has 0 radical (unpaired) electrons. The van der Waals surface area contributed by atoms with E-state index in [0.717, 1.165) is 18.5 Å². The molecular formula is C11H19N3O. The molecule has 15 heavy (non-hydrogen) atoms. The molecule has 2 rings (SSSR count). The number of nitrogens with zero attached hydrogens (tertiary/aromatic N) is 1. The van der Waals surface area contributed by atoms with Crippen LogP contribution in [0.15, 0.2) is 0 Å². The van der Waals surface area contributed by atoms with Gasteiger partial charge in [0.25, 0.3) is 0 Å². The minimum Gasteiger partial charge on any atom is -0.371 e. The number of rotatable bonds is 3. The molecule has 3 N–H and O–H groups in total. The zero-order valence-electron chi connectivity index (χ0n) is 9.47. The fourth-order valence-corrected chi connectivity index (χ4v) is 2.20. The van der Waals surface area contributed by atoms with Crippen molar-refractivity contribution in [2.75, 3.05) is 13.7 Å². The Morgan fingerprint density at radius 2 is 2.20 bits per heavy atom. The van der Waals surface area contributed by atoms with E-state index >= 15 is 0 Å². The number of ether oxygens (including phenoxy) is 1. The van der Waals surface area contributed by atoms with Crippen molar-refractivity contribution in [2.24, 2.45) is 5.73 Å². The Morgan fingerprint density at radius 1 is 1.47 bits per heavy atom. The van der Waals surface area contributed by atoms with Gasteiger partial charge in [-0.3, -0.25) is 5.10 Å². The summed E-state index contributed by atoms with van der Waals surface area (Å²) >= 11 is 0. The Balaban J connectivity index is 2.39. The summed E-state index contributed by atoms with van der Waals surface area (Å²) in [6, 6.07) is 0. The van der Waals surface area contributed by atoms with Crippen molar-refractivity contribution in [1.29, 1.82) is 0 Å². The number of aromatic amines is 1. The molecule has 0 saturated heterocycles. The number of aromatic nitrogens is 2. The van der Waals surface area contributed by atoms with E-state index in [1.54, 1.807) is 7.11 Å². The molecule has 1 unspecified atom stereocenters. The topological polar surface area (TPSA) is 63.9 Å². The summed E-state index contributed by atoms with van der Waals surface area (Å²) < 4.78 is 5.49. The summed E-state index contributed by atoms with van der Waals surface area (Å²) in [7, 11) is 1.69. The number of nitrogens with one attached hydrogen (secondary N) is 1. The second kappa shape index (κ2) is 3.94. The second-order valence-electron chi connectivity index (χ2n) is 4.38. The summed E-state index contributed by atoms with van der Waals surface area (Å²) in [6.45, 7) is 2.46. The van der Waals surface area contributed by atoms with Gasteiger partial charge in [0, 0.05) is 19.3 Å². The standard InChI is InChI=1S/C11H19N3O/c1-11(7-12,15-2)10-8-5-3-4-6-9(8)13-14-10/h3-7,12H2,1-2H3,(H,13,14). The predicted molar refractivity (Wildman–Crippen MR) is 58.6 cm³/mol. The van der Waals surface area contributed by atoms with Gasteiger partial charge in [0.15, 0.2) is 0 Å². The molecule has 0 bridgehead atoms. The van der Waals surface area contributed by atoms with Crippen molar-refractivity contribution in [2.45, 2.75) is 38.2 Å². The van der Waals surface area contributed by atoms with Gasteiger partial charge in [-0.2, -0.15) is 5.10 Å². The van der Waals surface area contributed by atoms with E-state index in [9.17, 15) is 0 Å². The van der Waals surface area contributed by atoms with Crippen LogP contribution in [0.5, 0.6) is 0 Å². The van der Waals surface area contributed by atoms with Gasteiger partial charge in [-0.15, -0.1) is 0 Å². The third kappa shape index (κ3) is 1.68. The molecule has 84 valence electrons. The van der Waals surface area contributed by atoms with Crippen LogP contribution in [0, 0.1) is 0 Å². The Bertz CT molecular complexity index is 342. The lowest BCUT2D eigenvalue weighted by molar-refractivity contribution is 0.00559. The first-order valence-corrected chi connectivity index (χ1v) is 5.53. The number of hydrogen-bond donors (Lipinski definition) is 2. The smallest absolute Gasteiger partial charge is 0.121 e. The highest BCUT2D eigenvalue weighted by atomic mass is 16.5. The van der Waals surface area contributed by atoms with Crippen molar-refractivity contribution in [1.82, 2.24) is 10.2 Å².